The molecule has 0 bridgehead atoms. The Bertz CT molecular complexity index is 213. The van der Waals surface area contributed by atoms with Gasteiger partial charge in [0.05, 0.1) is 5.60 Å². The lowest BCUT2D eigenvalue weighted by Crippen LogP contribution is -2.54. The molecule has 1 rings (SSSR count). The normalized spacial score (nSPS) is 29.4. The molecule has 0 saturated heterocycles. The van der Waals surface area contributed by atoms with Gasteiger partial charge in [-0.1, -0.05) is 33.6 Å². The van der Waals surface area contributed by atoms with Gasteiger partial charge in [0, 0.05) is 12.6 Å². The highest BCUT2D eigenvalue weighted by Crippen LogP contribution is 2.38. The van der Waals surface area contributed by atoms with Gasteiger partial charge >= 0.3 is 0 Å². The van der Waals surface area contributed by atoms with Crippen molar-refractivity contribution in [2.75, 3.05) is 13.2 Å². The van der Waals surface area contributed by atoms with Gasteiger partial charge in [0.2, 0.25) is 0 Å². The summed E-state index contributed by atoms with van der Waals surface area (Å²) in [4.78, 5) is 0. The minimum Gasteiger partial charge on any atom is -0.374 e. The van der Waals surface area contributed by atoms with E-state index in [-0.39, 0.29) is 5.60 Å². The van der Waals surface area contributed by atoms with Crippen LogP contribution in [0.2, 0.25) is 0 Å². The lowest BCUT2D eigenvalue weighted by Gasteiger charge is -2.45. The first-order valence-electron chi connectivity index (χ1n) is 8.55. The van der Waals surface area contributed by atoms with Gasteiger partial charge in [0.25, 0.3) is 0 Å². The molecule has 1 fully saturated rings. The number of nitrogens with one attached hydrogen (secondary N) is 1. The molecule has 1 aliphatic carbocycles. The van der Waals surface area contributed by atoms with E-state index in [4.69, 9.17) is 4.74 Å². The van der Waals surface area contributed by atoms with Gasteiger partial charge in [-0.25, -0.2) is 0 Å². The van der Waals surface area contributed by atoms with Crippen molar-refractivity contribution >= 4 is 0 Å². The van der Waals surface area contributed by atoms with E-state index in [1.807, 2.05) is 0 Å². The van der Waals surface area contributed by atoms with Crippen LogP contribution < -0.4 is 5.32 Å². The molecule has 1 saturated carbocycles. The number of ether oxygens (including phenoxy) is 1. The molecule has 1 atom stereocenters. The molecule has 1 aliphatic rings. The van der Waals surface area contributed by atoms with Crippen LogP contribution >= 0.6 is 0 Å². The van der Waals surface area contributed by atoms with Gasteiger partial charge < -0.3 is 10.1 Å². The molecule has 0 amide bonds. The smallest absolute Gasteiger partial charge is 0.0834 e. The molecule has 2 heteroatoms. The molecule has 114 valence electrons. The summed E-state index contributed by atoms with van der Waals surface area (Å²) in [5.74, 6) is 0.881. The zero-order valence-electron chi connectivity index (χ0n) is 13.6. The second-order valence-electron chi connectivity index (χ2n) is 6.33. The van der Waals surface area contributed by atoms with Crippen LogP contribution in [0.15, 0.2) is 0 Å². The SMILES string of the molecule is CCCCC(NCCC)C1(OCC)CCC(C)CC1. The highest BCUT2D eigenvalue weighted by Gasteiger charge is 2.41. The van der Waals surface area contributed by atoms with Crippen LogP contribution in [0.5, 0.6) is 0 Å². The van der Waals surface area contributed by atoms with Crippen LogP contribution in [0.4, 0.5) is 0 Å². The van der Waals surface area contributed by atoms with E-state index in [0.717, 1.165) is 19.1 Å². The first kappa shape index (κ1) is 17.0. The van der Waals surface area contributed by atoms with Crippen molar-refractivity contribution < 1.29 is 4.74 Å². The van der Waals surface area contributed by atoms with Crippen LogP contribution in [-0.4, -0.2) is 24.8 Å². The summed E-state index contributed by atoms with van der Waals surface area (Å²) < 4.78 is 6.31. The molecule has 1 unspecified atom stereocenters. The fourth-order valence-corrected chi connectivity index (χ4v) is 3.41. The third-order valence-electron chi connectivity index (χ3n) is 4.67. The Labute approximate surface area is 120 Å². The summed E-state index contributed by atoms with van der Waals surface area (Å²) >= 11 is 0. The van der Waals surface area contributed by atoms with Gasteiger partial charge in [-0.2, -0.15) is 0 Å². The van der Waals surface area contributed by atoms with E-state index < -0.39 is 0 Å². The number of unbranched alkanes of at least 4 members (excludes halogenated alkanes) is 1. The van der Waals surface area contributed by atoms with Gasteiger partial charge in [-0.05, 0) is 57.9 Å². The molecule has 19 heavy (non-hydrogen) atoms. The summed E-state index contributed by atoms with van der Waals surface area (Å²) in [6.07, 6.45) is 10.2. The largest absolute Gasteiger partial charge is 0.374 e. The summed E-state index contributed by atoms with van der Waals surface area (Å²) in [6.45, 7) is 11.0. The third-order valence-corrected chi connectivity index (χ3v) is 4.67. The van der Waals surface area contributed by atoms with Crippen molar-refractivity contribution in [3.63, 3.8) is 0 Å². The van der Waals surface area contributed by atoms with E-state index in [0.29, 0.717) is 6.04 Å². The second-order valence-corrected chi connectivity index (χ2v) is 6.33. The van der Waals surface area contributed by atoms with Gasteiger partial charge in [-0.15, -0.1) is 0 Å². The molecule has 0 radical (unpaired) electrons. The van der Waals surface area contributed by atoms with Gasteiger partial charge in [0.15, 0.2) is 0 Å². The third kappa shape index (κ3) is 5.07. The first-order chi connectivity index (χ1) is 9.18. The average Bonchev–Trinajstić information content (AvgIpc) is 2.42. The maximum atomic E-state index is 6.31. The first-order valence-corrected chi connectivity index (χ1v) is 8.55. The van der Waals surface area contributed by atoms with E-state index in [2.05, 4.69) is 33.0 Å². The van der Waals surface area contributed by atoms with E-state index in [1.54, 1.807) is 0 Å². The Morgan fingerprint density at radius 1 is 1.16 bits per heavy atom. The predicted octanol–water partition coefficient (Wildman–Crippen LogP) is 4.53. The van der Waals surface area contributed by atoms with Crippen LogP contribution in [0.25, 0.3) is 0 Å². The Morgan fingerprint density at radius 3 is 2.37 bits per heavy atom. The maximum absolute atomic E-state index is 6.31. The average molecular weight is 269 g/mol. The van der Waals surface area contributed by atoms with E-state index >= 15 is 0 Å². The molecular weight excluding hydrogens is 234 g/mol. The second kappa shape index (κ2) is 8.97. The Hall–Kier alpha value is -0.0800. The zero-order valence-corrected chi connectivity index (χ0v) is 13.6. The summed E-state index contributed by atoms with van der Waals surface area (Å²) in [7, 11) is 0. The highest BCUT2D eigenvalue weighted by atomic mass is 16.5. The van der Waals surface area contributed by atoms with Crippen LogP contribution in [0.3, 0.4) is 0 Å². The van der Waals surface area contributed by atoms with Crippen LogP contribution in [0, 0.1) is 5.92 Å². The molecule has 2 nitrogen and oxygen atoms in total. The van der Waals surface area contributed by atoms with Crippen molar-refractivity contribution in [3.8, 4) is 0 Å². The Kier molecular flexibility index (Phi) is 8.01. The lowest BCUT2D eigenvalue weighted by atomic mass is 9.74. The van der Waals surface area contributed by atoms with Crippen molar-refractivity contribution in [3.05, 3.63) is 0 Å². The minimum absolute atomic E-state index is 0.117. The highest BCUT2D eigenvalue weighted by molar-refractivity contribution is 4.96. The molecule has 0 aromatic carbocycles. The summed E-state index contributed by atoms with van der Waals surface area (Å²) in [6, 6.07) is 0.555. The lowest BCUT2D eigenvalue weighted by molar-refractivity contribution is -0.0980. The van der Waals surface area contributed by atoms with E-state index in [9.17, 15) is 0 Å². The van der Waals surface area contributed by atoms with Crippen molar-refractivity contribution in [1.82, 2.24) is 5.32 Å². The van der Waals surface area contributed by atoms with Gasteiger partial charge in [-0.3, -0.25) is 0 Å². The topological polar surface area (TPSA) is 21.3 Å². The molecule has 1 N–H and O–H groups in total. The standard InChI is InChI=1S/C17H35NO/c1-5-8-9-16(18-14-6-2)17(19-7-3)12-10-15(4)11-13-17/h15-16,18H,5-14H2,1-4H3. The molecule has 0 aromatic heterocycles. The van der Waals surface area contributed by atoms with Crippen molar-refractivity contribution in [2.45, 2.75) is 90.7 Å². The zero-order chi connectivity index (χ0) is 14.1. The van der Waals surface area contributed by atoms with Gasteiger partial charge in [0.1, 0.15) is 0 Å². The molecule has 0 heterocycles. The minimum atomic E-state index is 0.117. The van der Waals surface area contributed by atoms with E-state index in [1.165, 1.54) is 51.4 Å². The molecular formula is C17H35NO. The van der Waals surface area contributed by atoms with Crippen molar-refractivity contribution in [2.24, 2.45) is 5.92 Å². The summed E-state index contributed by atoms with van der Waals surface area (Å²) in [5.41, 5.74) is 0.117. The quantitative estimate of drug-likeness (QED) is 0.664. The molecule has 0 spiro atoms. The fraction of sp³-hybridized carbons (Fsp3) is 1.00. The predicted molar refractivity (Wildman–Crippen MR) is 83.6 cm³/mol. The molecule has 0 aromatic rings. The van der Waals surface area contributed by atoms with Crippen molar-refractivity contribution in [1.29, 1.82) is 0 Å². The summed E-state index contributed by atoms with van der Waals surface area (Å²) in [5, 5.41) is 3.79. The maximum Gasteiger partial charge on any atom is 0.0834 e. The van der Waals surface area contributed by atoms with Crippen LogP contribution in [-0.2, 0) is 4.74 Å². The number of hydrogen-bond acceptors (Lipinski definition) is 2. The molecule has 0 aliphatic heterocycles. The number of rotatable bonds is 9. The van der Waals surface area contributed by atoms with Crippen LogP contribution in [0.1, 0.15) is 79.1 Å². The fourth-order valence-electron chi connectivity index (χ4n) is 3.41. The Morgan fingerprint density at radius 2 is 1.84 bits per heavy atom. The monoisotopic (exact) mass is 269 g/mol. The Balaban J connectivity index is 2.71. The number of hydrogen-bond donors (Lipinski definition) is 1.